The molecule has 1 aliphatic rings. The summed E-state index contributed by atoms with van der Waals surface area (Å²) in [5.74, 6) is 0.634. The van der Waals surface area contributed by atoms with Crippen LogP contribution < -0.4 is 11.0 Å². The van der Waals surface area contributed by atoms with Crippen LogP contribution in [0.2, 0.25) is 0 Å². The fourth-order valence-electron chi connectivity index (χ4n) is 2.72. The van der Waals surface area contributed by atoms with Crippen molar-refractivity contribution in [3.8, 4) is 0 Å². The molecule has 4 atom stereocenters. The molecular formula is C18H20IN3O6S. The minimum absolute atomic E-state index is 0.0497. The SMILES string of the molecule is C[C@H]1O[C@@H](n2cc(I)c(NC(=O)OCCSc3ccccc3)nc2=O)C(O)C1O. The molecule has 11 heteroatoms. The number of benzene rings is 1. The molecule has 0 saturated carbocycles. The second-order valence-electron chi connectivity index (χ2n) is 6.26. The number of rotatable bonds is 6. The van der Waals surface area contributed by atoms with Crippen molar-refractivity contribution < 1.29 is 24.5 Å². The molecule has 156 valence electrons. The number of aromatic nitrogens is 2. The summed E-state index contributed by atoms with van der Waals surface area (Å²) in [6.45, 7) is 1.79. The summed E-state index contributed by atoms with van der Waals surface area (Å²) in [6.07, 6.45) is -3.36. The number of aliphatic hydroxyl groups excluding tert-OH is 2. The maximum atomic E-state index is 12.3. The van der Waals surface area contributed by atoms with Gasteiger partial charge in [-0.2, -0.15) is 4.98 Å². The first kappa shape index (κ1) is 22.0. The van der Waals surface area contributed by atoms with Gasteiger partial charge < -0.3 is 19.7 Å². The highest BCUT2D eigenvalue weighted by Crippen LogP contribution is 2.28. The molecule has 3 rings (SSSR count). The maximum Gasteiger partial charge on any atom is 0.412 e. The molecule has 1 fully saturated rings. The van der Waals surface area contributed by atoms with Crippen molar-refractivity contribution in [1.82, 2.24) is 9.55 Å². The maximum absolute atomic E-state index is 12.3. The van der Waals surface area contributed by atoms with Crippen LogP contribution in [0.15, 0.2) is 46.2 Å². The highest BCUT2D eigenvalue weighted by atomic mass is 127. The number of ether oxygens (including phenoxy) is 2. The monoisotopic (exact) mass is 533 g/mol. The van der Waals surface area contributed by atoms with Crippen LogP contribution >= 0.6 is 34.4 Å². The molecular weight excluding hydrogens is 513 g/mol. The zero-order valence-corrected chi connectivity index (χ0v) is 18.4. The number of nitrogens with zero attached hydrogens (tertiary/aromatic N) is 2. The van der Waals surface area contributed by atoms with Gasteiger partial charge in [0.2, 0.25) is 0 Å². The fourth-order valence-corrected chi connectivity index (χ4v) is 4.02. The number of hydrogen-bond acceptors (Lipinski definition) is 8. The average Bonchev–Trinajstić information content (AvgIpc) is 2.96. The van der Waals surface area contributed by atoms with Gasteiger partial charge in [-0.15, -0.1) is 11.8 Å². The fraction of sp³-hybridized carbons (Fsp3) is 0.389. The van der Waals surface area contributed by atoms with E-state index in [1.54, 1.807) is 18.7 Å². The number of thioether (sulfide) groups is 1. The third-order valence-corrected chi connectivity index (χ3v) is 5.97. The number of halogens is 1. The van der Waals surface area contributed by atoms with Crippen molar-refractivity contribution >= 4 is 46.3 Å². The molecule has 0 bridgehead atoms. The molecule has 2 heterocycles. The van der Waals surface area contributed by atoms with Crippen LogP contribution in [0.1, 0.15) is 13.2 Å². The molecule has 0 spiro atoms. The molecule has 3 N–H and O–H groups in total. The van der Waals surface area contributed by atoms with E-state index < -0.39 is 36.3 Å². The molecule has 1 aliphatic heterocycles. The molecule has 0 radical (unpaired) electrons. The van der Waals surface area contributed by atoms with Crippen molar-refractivity contribution in [2.45, 2.75) is 36.4 Å². The number of anilines is 1. The van der Waals surface area contributed by atoms with E-state index in [4.69, 9.17) is 9.47 Å². The van der Waals surface area contributed by atoms with Gasteiger partial charge in [-0.1, -0.05) is 18.2 Å². The summed E-state index contributed by atoms with van der Waals surface area (Å²) >= 11 is 3.45. The number of carbonyl (C=O) groups excluding carboxylic acids is 1. The first-order chi connectivity index (χ1) is 13.9. The number of hydrogen-bond donors (Lipinski definition) is 3. The quantitative estimate of drug-likeness (QED) is 0.292. The first-order valence-corrected chi connectivity index (χ1v) is 10.8. The summed E-state index contributed by atoms with van der Waals surface area (Å²) in [7, 11) is 0. The van der Waals surface area contributed by atoms with Gasteiger partial charge in [-0.05, 0) is 41.6 Å². The molecule has 1 saturated heterocycles. The van der Waals surface area contributed by atoms with Crippen LogP contribution in [0, 0.1) is 3.57 Å². The van der Waals surface area contributed by atoms with E-state index in [-0.39, 0.29) is 12.4 Å². The molecule has 2 aromatic rings. The van der Waals surface area contributed by atoms with Gasteiger partial charge in [0.15, 0.2) is 12.0 Å². The topological polar surface area (TPSA) is 123 Å². The lowest BCUT2D eigenvalue weighted by Crippen LogP contribution is -2.36. The van der Waals surface area contributed by atoms with Crippen LogP contribution in [-0.2, 0) is 9.47 Å². The third kappa shape index (κ3) is 5.48. The van der Waals surface area contributed by atoms with Gasteiger partial charge in [0.25, 0.3) is 0 Å². The van der Waals surface area contributed by atoms with Gasteiger partial charge in [0, 0.05) is 16.8 Å². The van der Waals surface area contributed by atoms with Gasteiger partial charge in [0.05, 0.1) is 9.67 Å². The van der Waals surface area contributed by atoms with Crippen molar-refractivity contribution in [3.63, 3.8) is 0 Å². The van der Waals surface area contributed by atoms with Gasteiger partial charge in [-0.25, -0.2) is 9.59 Å². The number of amides is 1. The number of nitrogens with one attached hydrogen (secondary N) is 1. The predicted octanol–water partition coefficient (Wildman–Crippen LogP) is 1.83. The van der Waals surface area contributed by atoms with Crippen molar-refractivity contribution in [2.24, 2.45) is 0 Å². The highest BCUT2D eigenvalue weighted by Gasteiger charge is 2.42. The van der Waals surface area contributed by atoms with E-state index in [2.05, 4.69) is 10.3 Å². The molecule has 1 aromatic heterocycles. The van der Waals surface area contributed by atoms with Crippen LogP contribution in [0.25, 0.3) is 0 Å². The van der Waals surface area contributed by atoms with Crippen molar-refractivity contribution in [2.75, 3.05) is 17.7 Å². The molecule has 29 heavy (non-hydrogen) atoms. The second-order valence-corrected chi connectivity index (χ2v) is 8.59. The molecule has 9 nitrogen and oxygen atoms in total. The summed E-state index contributed by atoms with van der Waals surface area (Å²) in [6, 6.07) is 9.73. The molecule has 1 aromatic carbocycles. The molecule has 1 amide bonds. The lowest BCUT2D eigenvalue weighted by atomic mass is 10.1. The average molecular weight is 533 g/mol. The zero-order valence-electron chi connectivity index (χ0n) is 15.4. The Kier molecular flexibility index (Phi) is 7.51. The smallest absolute Gasteiger partial charge is 0.412 e. The van der Waals surface area contributed by atoms with Gasteiger partial charge in [-0.3, -0.25) is 9.88 Å². The lowest BCUT2D eigenvalue weighted by Gasteiger charge is -2.18. The Bertz CT molecular complexity index is 912. The standard InChI is InChI=1S/C18H20IN3O6S/c1-10-13(23)14(24)16(28-10)22-9-12(19)15(20-17(22)25)21-18(26)27-7-8-29-11-5-3-2-4-6-11/h2-6,9-10,13-14,16,23-24H,7-8H2,1H3,(H,20,21,25,26)/t10-,13?,14?,16-/m1/s1. The number of aliphatic hydroxyl groups is 2. The summed E-state index contributed by atoms with van der Waals surface area (Å²) in [5, 5.41) is 22.3. The highest BCUT2D eigenvalue weighted by molar-refractivity contribution is 14.1. The van der Waals surface area contributed by atoms with Gasteiger partial charge in [0.1, 0.15) is 18.8 Å². The van der Waals surface area contributed by atoms with Crippen molar-refractivity contribution in [1.29, 1.82) is 0 Å². The van der Waals surface area contributed by atoms with Crippen LogP contribution in [0.5, 0.6) is 0 Å². The van der Waals surface area contributed by atoms with Crippen LogP contribution in [-0.4, -0.2) is 56.5 Å². The first-order valence-electron chi connectivity index (χ1n) is 8.78. The van der Waals surface area contributed by atoms with E-state index in [1.165, 1.54) is 6.20 Å². The van der Waals surface area contributed by atoms with E-state index in [0.29, 0.717) is 9.32 Å². The minimum atomic E-state index is -1.26. The Morgan fingerprint density at radius 1 is 1.34 bits per heavy atom. The molecule has 0 aliphatic carbocycles. The Morgan fingerprint density at radius 3 is 2.72 bits per heavy atom. The Morgan fingerprint density at radius 2 is 2.07 bits per heavy atom. The summed E-state index contributed by atoms with van der Waals surface area (Å²) in [5.41, 5.74) is -0.731. The summed E-state index contributed by atoms with van der Waals surface area (Å²) < 4.78 is 12.1. The normalized spacial score (nSPS) is 23.7. The zero-order chi connectivity index (χ0) is 21.0. The predicted molar refractivity (Wildman–Crippen MR) is 115 cm³/mol. The largest absolute Gasteiger partial charge is 0.448 e. The molecule has 2 unspecified atom stereocenters. The van der Waals surface area contributed by atoms with Gasteiger partial charge >= 0.3 is 11.8 Å². The van der Waals surface area contributed by atoms with E-state index in [0.717, 1.165) is 9.46 Å². The van der Waals surface area contributed by atoms with Crippen LogP contribution in [0.3, 0.4) is 0 Å². The van der Waals surface area contributed by atoms with E-state index in [1.807, 2.05) is 52.9 Å². The second kappa shape index (κ2) is 9.89. The number of carbonyl (C=O) groups is 1. The minimum Gasteiger partial charge on any atom is -0.448 e. The Balaban J connectivity index is 1.56. The van der Waals surface area contributed by atoms with Crippen LogP contribution in [0.4, 0.5) is 10.6 Å². The van der Waals surface area contributed by atoms with E-state index in [9.17, 15) is 19.8 Å². The Labute approximate surface area is 184 Å². The Hall–Kier alpha value is -1.67. The van der Waals surface area contributed by atoms with Crippen molar-refractivity contribution in [3.05, 3.63) is 50.6 Å². The summed E-state index contributed by atoms with van der Waals surface area (Å²) in [4.78, 5) is 29.2. The van der Waals surface area contributed by atoms with E-state index >= 15 is 0 Å². The lowest BCUT2D eigenvalue weighted by molar-refractivity contribution is -0.0351. The third-order valence-electron chi connectivity index (χ3n) is 4.21.